The zero-order valence-electron chi connectivity index (χ0n) is 17.6. The summed E-state index contributed by atoms with van der Waals surface area (Å²) < 4.78 is 24.8. The Kier molecular flexibility index (Phi) is 7.23. The standard InChI is InChI=1S/C23H25FN2O5/c1-3-30-23(29)17-4-7-19(8-5-17)31-15-22(28)26-12-10-25(11-13-26)21-9-6-18(16(2)27)14-20(21)24/h4-9,14H,3,10-13,15H2,1-2H3. The van der Waals surface area contributed by atoms with Gasteiger partial charge in [-0.2, -0.15) is 0 Å². The minimum absolute atomic E-state index is 0.125. The van der Waals surface area contributed by atoms with E-state index in [0.29, 0.717) is 55.3 Å². The summed E-state index contributed by atoms with van der Waals surface area (Å²) in [6, 6.07) is 10.9. The molecule has 0 aliphatic carbocycles. The molecule has 1 heterocycles. The largest absolute Gasteiger partial charge is 0.484 e. The fraction of sp³-hybridized carbons (Fsp3) is 0.348. The first-order valence-corrected chi connectivity index (χ1v) is 10.1. The van der Waals surface area contributed by atoms with Crippen LogP contribution in [-0.4, -0.2) is 62.0 Å². The van der Waals surface area contributed by atoms with Crippen molar-refractivity contribution in [2.24, 2.45) is 0 Å². The van der Waals surface area contributed by atoms with Crippen LogP contribution >= 0.6 is 0 Å². The van der Waals surface area contributed by atoms with Crippen LogP contribution in [0.25, 0.3) is 0 Å². The Morgan fingerprint density at radius 2 is 1.61 bits per heavy atom. The van der Waals surface area contributed by atoms with Crippen molar-refractivity contribution in [2.75, 3.05) is 44.3 Å². The number of carbonyl (C=O) groups is 3. The zero-order chi connectivity index (χ0) is 22.4. The summed E-state index contributed by atoms with van der Waals surface area (Å²) in [4.78, 5) is 39.0. The van der Waals surface area contributed by atoms with Crippen LogP contribution in [0.15, 0.2) is 42.5 Å². The van der Waals surface area contributed by atoms with Crippen LogP contribution in [0.1, 0.15) is 34.6 Å². The first kappa shape index (κ1) is 22.3. The van der Waals surface area contributed by atoms with E-state index in [1.165, 1.54) is 13.0 Å². The van der Waals surface area contributed by atoms with E-state index in [2.05, 4.69) is 0 Å². The number of ether oxygens (including phenoxy) is 2. The van der Waals surface area contributed by atoms with Gasteiger partial charge >= 0.3 is 5.97 Å². The molecule has 0 saturated carbocycles. The SMILES string of the molecule is CCOC(=O)c1ccc(OCC(=O)N2CCN(c3ccc(C(C)=O)cc3F)CC2)cc1. The maximum atomic E-state index is 14.4. The fourth-order valence-corrected chi connectivity index (χ4v) is 3.32. The Bertz CT molecular complexity index is 953. The molecular weight excluding hydrogens is 403 g/mol. The highest BCUT2D eigenvalue weighted by Crippen LogP contribution is 2.22. The van der Waals surface area contributed by atoms with Crippen LogP contribution in [0.4, 0.5) is 10.1 Å². The van der Waals surface area contributed by atoms with E-state index in [4.69, 9.17) is 9.47 Å². The van der Waals surface area contributed by atoms with Gasteiger partial charge in [0.2, 0.25) is 0 Å². The lowest BCUT2D eigenvalue weighted by Gasteiger charge is -2.36. The summed E-state index contributed by atoms with van der Waals surface area (Å²) in [7, 11) is 0. The van der Waals surface area contributed by atoms with Gasteiger partial charge in [0.15, 0.2) is 12.4 Å². The van der Waals surface area contributed by atoms with Gasteiger partial charge in [-0.15, -0.1) is 0 Å². The molecule has 1 fully saturated rings. The molecule has 1 saturated heterocycles. The Morgan fingerprint density at radius 3 is 2.19 bits per heavy atom. The van der Waals surface area contributed by atoms with Crippen molar-refractivity contribution >= 4 is 23.3 Å². The smallest absolute Gasteiger partial charge is 0.338 e. The maximum absolute atomic E-state index is 14.4. The predicted molar refractivity (Wildman–Crippen MR) is 113 cm³/mol. The van der Waals surface area contributed by atoms with Gasteiger partial charge in [0.05, 0.1) is 17.9 Å². The van der Waals surface area contributed by atoms with E-state index in [-0.39, 0.29) is 18.3 Å². The highest BCUT2D eigenvalue weighted by atomic mass is 19.1. The number of anilines is 1. The number of halogens is 1. The van der Waals surface area contributed by atoms with Crippen molar-refractivity contribution < 1.29 is 28.2 Å². The Morgan fingerprint density at radius 1 is 0.968 bits per heavy atom. The molecule has 0 radical (unpaired) electrons. The lowest BCUT2D eigenvalue weighted by atomic mass is 10.1. The molecular formula is C23H25FN2O5. The van der Waals surface area contributed by atoms with Crippen LogP contribution < -0.4 is 9.64 Å². The molecule has 1 aliphatic heterocycles. The number of piperazine rings is 1. The van der Waals surface area contributed by atoms with E-state index >= 15 is 0 Å². The summed E-state index contributed by atoms with van der Waals surface area (Å²) in [6.07, 6.45) is 0. The molecule has 0 N–H and O–H groups in total. The molecule has 0 unspecified atom stereocenters. The third-order valence-electron chi connectivity index (χ3n) is 5.06. The van der Waals surface area contributed by atoms with Crippen LogP contribution in [0.2, 0.25) is 0 Å². The number of amides is 1. The number of Topliss-reactive ketones (excluding diaryl/α,β-unsaturated/α-hetero) is 1. The minimum Gasteiger partial charge on any atom is -0.484 e. The van der Waals surface area contributed by atoms with Crippen molar-refractivity contribution in [3.05, 3.63) is 59.4 Å². The van der Waals surface area contributed by atoms with Gasteiger partial charge in [-0.05, 0) is 56.3 Å². The molecule has 7 nitrogen and oxygen atoms in total. The molecule has 3 rings (SSSR count). The second-order valence-corrected chi connectivity index (χ2v) is 7.12. The lowest BCUT2D eigenvalue weighted by Crippen LogP contribution is -2.50. The van der Waals surface area contributed by atoms with Gasteiger partial charge in [0.25, 0.3) is 5.91 Å². The van der Waals surface area contributed by atoms with E-state index < -0.39 is 11.8 Å². The maximum Gasteiger partial charge on any atom is 0.338 e. The van der Waals surface area contributed by atoms with E-state index in [1.807, 2.05) is 4.90 Å². The van der Waals surface area contributed by atoms with Crippen molar-refractivity contribution in [2.45, 2.75) is 13.8 Å². The van der Waals surface area contributed by atoms with E-state index in [1.54, 1.807) is 48.2 Å². The lowest BCUT2D eigenvalue weighted by molar-refractivity contribution is -0.133. The molecule has 2 aromatic carbocycles. The van der Waals surface area contributed by atoms with Gasteiger partial charge in [0, 0.05) is 31.7 Å². The van der Waals surface area contributed by atoms with Crippen molar-refractivity contribution in [3.63, 3.8) is 0 Å². The average molecular weight is 428 g/mol. The molecule has 1 amide bonds. The molecule has 31 heavy (non-hydrogen) atoms. The van der Waals surface area contributed by atoms with Crippen LogP contribution in [0.3, 0.4) is 0 Å². The topological polar surface area (TPSA) is 76.2 Å². The first-order chi connectivity index (χ1) is 14.9. The molecule has 0 atom stereocenters. The third-order valence-corrected chi connectivity index (χ3v) is 5.06. The molecule has 0 bridgehead atoms. The van der Waals surface area contributed by atoms with Crippen molar-refractivity contribution in [1.29, 1.82) is 0 Å². The van der Waals surface area contributed by atoms with Gasteiger partial charge < -0.3 is 19.3 Å². The molecule has 2 aromatic rings. The Labute approximate surface area is 180 Å². The van der Waals surface area contributed by atoms with Gasteiger partial charge in [-0.1, -0.05) is 0 Å². The molecule has 1 aliphatic rings. The second kappa shape index (κ2) is 10.1. The van der Waals surface area contributed by atoms with Gasteiger partial charge in [0.1, 0.15) is 11.6 Å². The third kappa shape index (κ3) is 5.59. The number of hydrogen-bond donors (Lipinski definition) is 0. The summed E-state index contributed by atoms with van der Waals surface area (Å²) in [5, 5.41) is 0. The minimum atomic E-state index is -0.443. The summed E-state index contributed by atoms with van der Waals surface area (Å²) in [5.74, 6) is -0.719. The highest BCUT2D eigenvalue weighted by molar-refractivity contribution is 5.94. The summed E-state index contributed by atoms with van der Waals surface area (Å²) in [6.45, 7) is 5.16. The van der Waals surface area contributed by atoms with Crippen LogP contribution in [-0.2, 0) is 9.53 Å². The van der Waals surface area contributed by atoms with Crippen molar-refractivity contribution in [1.82, 2.24) is 4.90 Å². The summed E-state index contributed by atoms with van der Waals surface area (Å²) in [5.41, 5.74) is 1.18. The number of ketones is 1. The number of nitrogens with zero attached hydrogens (tertiary/aromatic N) is 2. The number of rotatable bonds is 7. The van der Waals surface area contributed by atoms with Crippen LogP contribution in [0.5, 0.6) is 5.75 Å². The van der Waals surface area contributed by atoms with Gasteiger partial charge in [-0.25, -0.2) is 9.18 Å². The number of esters is 1. The molecule has 164 valence electrons. The summed E-state index contributed by atoms with van der Waals surface area (Å²) >= 11 is 0. The van der Waals surface area contributed by atoms with Gasteiger partial charge in [-0.3, -0.25) is 9.59 Å². The number of hydrogen-bond acceptors (Lipinski definition) is 6. The second-order valence-electron chi connectivity index (χ2n) is 7.12. The monoisotopic (exact) mass is 428 g/mol. The number of benzene rings is 2. The normalized spacial score (nSPS) is 13.6. The average Bonchev–Trinajstić information content (AvgIpc) is 2.78. The van der Waals surface area contributed by atoms with E-state index in [9.17, 15) is 18.8 Å². The first-order valence-electron chi connectivity index (χ1n) is 10.1. The number of carbonyl (C=O) groups excluding carboxylic acids is 3. The predicted octanol–water partition coefficient (Wildman–Crippen LogP) is 2.93. The quantitative estimate of drug-likeness (QED) is 0.499. The van der Waals surface area contributed by atoms with Crippen LogP contribution in [0, 0.1) is 5.82 Å². The molecule has 0 spiro atoms. The highest BCUT2D eigenvalue weighted by Gasteiger charge is 2.23. The Hall–Kier alpha value is -3.42. The zero-order valence-corrected chi connectivity index (χ0v) is 17.6. The fourth-order valence-electron chi connectivity index (χ4n) is 3.32. The van der Waals surface area contributed by atoms with Crippen molar-refractivity contribution in [3.8, 4) is 5.75 Å². The Balaban J connectivity index is 1.49. The molecule has 0 aromatic heterocycles. The van der Waals surface area contributed by atoms with E-state index in [0.717, 1.165) is 0 Å². The molecule has 8 heteroatoms.